The van der Waals surface area contributed by atoms with E-state index < -0.39 is 0 Å². The van der Waals surface area contributed by atoms with Gasteiger partial charge in [-0.05, 0) is 24.3 Å². The maximum Gasteiger partial charge on any atom is 0.274 e. The molecule has 0 atom stereocenters. The van der Waals surface area contributed by atoms with Gasteiger partial charge in [0.2, 0.25) is 11.7 Å². The Morgan fingerprint density at radius 1 is 1.25 bits per heavy atom. The fourth-order valence-corrected chi connectivity index (χ4v) is 1.83. The van der Waals surface area contributed by atoms with Crippen LogP contribution < -0.4 is 10.2 Å². The molecule has 0 aliphatic carbocycles. The average Bonchev–Trinajstić information content (AvgIpc) is 2.98. The van der Waals surface area contributed by atoms with E-state index >= 15 is 0 Å². The fourth-order valence-electron chi connectivity index (χ4n) is 1.83. The van der Waals surface area contributed by atoms with Crippen LogP contribution in [-0.2, 0) is 4.79 Å². The van der Waals surface area contributed by atoms with Crippen molar-refractivity contribution in [3.63, 3.8) is 0 Å². The number of hydrogen-bond acceptors (Lipinski definition) is 6. The number of ether oxygens (including phenoxy) is 1. The molecule has 1 amide bonds. The second-order valence-corrected chi connectivity index (χ2v) is 4.25. The number of methoxy groups -OCH3 is 1. The summed E-state index contributed by atoms with van der Waals surface area (Å²) in [5, 5.41) is 7.83. The van der Waals surface area contributed by atoms with Crippen molar-refractivity contribution in [2.24, 2.45) is 5.10 Å². The zero-order chi connectivity index (χ0) is 13.9. The van der Waals surface area contributed by atoms with Crippen molar-refractivity contribution >= 4 is 11.6 Å². The summed E-state index contributed by atoms with van der Waals surface area (Å²) >= 11 is 0. The average molecular weight is 272 g/mol. The first-order valence-corrected chi connectivity index (χ1v) is 6.10. The Hall–Kier alpha value is -2.70. The molecule has 20 heavy (non-hydrogen) atoms. The quantitative estimate of drug-likeness (QED) is 0.911. The monoisotopic (exact) mass is 272 g/mol. The van der Waals surface area contributed by atoms with E-state index in [1.165, 1.54) is 0 Å². The summed E-state index contributed by atoms with van der Waals surface area (Å²) in [7, 11) is 1.61. The van der Waals surface area contributed by atoms with E-state index in [0.29, 0.717) is 30.3 Å². The predicted molar refractivity (Wildman–Crippen MR) is 70.2 cm³/mol. The second-order valence-electron chi connectivity index (χ2n) is 4.25. The van der Waals surface area contributed by atoms with E-state index in [1.54, 1.807) is 7.11 Å². The van der Waals surface area contributed by atoms with Crippen LogP contribution in [0.5, 0.6) is 5.75 Å². The zero-order valence-electron chi connectivity index (χ0n) is 10.8. The first-order chi connectivity index (χ1) is 9.76. The molecule has 0 unspecified atom stereocenters. The van der Waals surface area contributed by atoms with Crippen molar-refractivity contribution in [3.05, 3.63) is 30.2 Å². The maximum atomic E-state index is 11.0. The number of benzene rings is 1. The Kier molecular flexibility index (Phi) is 3.16. The predicted octanol–water partition coefficient (Wildman–Crippen LogP) is 1.36. The van der Waals surface area contributed by atoms with Crippen molar-refractivity contribution in [2.45, 2.75) is 12.8 Å². The van der Waals surface area contributed by atoms with Gasteiger partial charge >= 0.3 is 0 Å². The summed E-state index contributed by atoms with van der Waals surface area (Å²) in [6.45, 7) is 0. The number of aromatic nitrogens is 2. The Balaban J connectivity index is 1.84. The number of nitrogens with zero attached hydrogens (tertiary/aromatic N) is 3. The van der Waals surface area contributed by atoms with Gasteiger partial charge in [0.1, 0.15) is 11.5 Å². The SMILES string of the molecule is COc1ccc(-c2noc(C3=NNC(=O)CC3)n2)cc1. The number of nitrogens with one attached hydrogen (secondary N) is 1. The molecule has 7 heteroatoms. The molecule has 0 spiro atoms. The molecule has 1 aliphatic heterocycles. The molecule has 0 saturated heterocycles. The maximum absolute atomic E-state index is 11.0. The summed E-state index contributed by atoms with van der Waals surface area (Å²) in [5.41, 5.74) is 3.81. The lowest BCUT2D eigenvalue weighted by Crippen LogP contribution is -2.26. The third kappa shape index (κ3) is 2.37. The third-order valence-corrected chi connectivity index (χ3v) is 2.93. The molecule has 1 N–H and O–H groups in total. The number of carbonyl (C=O) groups excluding carboxylic acids is 1. The van der Waals surface area contributed by atoms with Crippen LogP contribution in [0.25, 0.3) is 11.4 Å². The zero-order valence-corrected chi connectivity index (χ0v) is 10.8. The highest BCUT2D eigenvalue weighted by Gasteiger charge is 2.19. The van der Waals surface area contributed by atoms with Crippen molar-refractivity contribution in [2.75, 3.05) is 7.11 Å². The van der Waals surface area contributed by atoms with E-state index in [4.69, 9.17) is 9.26 Å². The molecular weight excluding hydrogens is 260 g/mol. The van der Waals surface area contributed by atoms with Gasteiger partial charge < -0.3 is 9.26 Å². The molecule has 3 rings (SSSR count). The minimum Gasteiger partial charge on any atom is -0.497 e. The molecule has 0 fully saturated rings. The highest BCUT2D eigenvalue weighted by molar-refractivity contribution is 6.01. The Morgan fingerprint density at radius 3 is 2.70 bits per heavy atom. The van der Waals surface area contributed by atoms with Crippen LogP contribution >= 0.6 is 0 Å². The number of carbonyl (C=O) groups is 1. The fraction of sp³-hybridized carbons (Fsp3) is 0.231. The normalized spacial score (nSPS) is 14.7. The number of rotatable bonds is 3. The largest absolute Gasteiger partial charge is 0.497 e. The highest BCUT2D eigenvalue weighted by Crippen LogP contribution is 2.20. The topological polar surface area (TPSA) is 89.6 Å². The smallest absolute Gasteiger partial charge is 0.274 e. The standard InChI is InChI=1S/C13H12N4O3/c1-19-9-4-2-8(3-5-9)12-14-13(20-17-12)10-6-7-11(18)16-15-10/h2-5H,6-7H2,1H3,(H,16,18). The van der Waals surface area contributed by atoms with Crippen molar-refractivity contribution < 1.29 is 14.1 Å². The Labute approximate surface area is 114 Å². The van der Waals surface area contributed by atoms with Gasteiger partial charge in [-0.25, -0.2) is 5.43 Å². The number of hydrogen-bond donors (Lipinski definition) is 1. The minimum absolute atomic E-state index is 0.108. The first kappa shape index (κ1) is 12.3. The molecule has 0 saturated carbocycles. The lowest BCUT2D eigenvalue weighted by atomic mass is 10.2. The van der Waals surface area contributed by atoms with Gasteiger partial charge in [0.05, 0.1) is 7.11 Å². The van der Waals surface area contributed by atoms with E-state index in [0.717, 1.165) is 11.3 Å². The lowest BCUT2D eigenvalue weighted by Gasteiger charge is -2.07. The molecule has 7 nitrogen and oxygen atoms in total. The van der Waals surface area contributed by atoms with E-state index in [9.17, 15) is 4.79 Å². The van der Waals surface area contributed by atoms with Gasteiger partial charge in [0, 0.05) is 18.4 Å². The lowest BCUT2D eigenvalue weighted by molar-refractivity contribution is -0.121. The summed E-state index contributed by atoms with van der Waals surface area (Å²) in [6.07, 6.45) is 0.870. The van der Waals surface area contributed by atoms with E-state index in [-0.39, 0.29) is 5.91 Å². The molecule has 1 aromatic heterocycles. The van der Waals surface area contributed by atoms with Crippen LogP contribution in [0.4, 0.5) is 0 Å². The third-order valence-electron chi connectivity index (χ3n) is 2.93. The summed E-state index contributed by atoms with van der Waals surface area (Å²) in [4.78, 5) is 15.3. The minimum atomic E-state index is -0.108. The van der Waals surface area contributed by atoms with Crippen LogP contribution in [0, 0.1) is 0 Å². The van der Waals surface area contributed by atoms with Crippen LogP contribution in [0.3, 0.4) is 0 Å². The van der Waals surface area contributed by atoms with Crippen molar-refractivity contribution in [1.29, 1.82) is 0 Å². The van der Waals surface area contributed by atoms with Crippen LogP contribution in [0.2, 0.25) is 0 Å². The van der Waals surface area contributed by atoms with Crippen LogP contribution in [-0.4, -0.2) is 28.9 Å². The summed E-state index contributed by atoms with van der Waals surface area (Å²) in [5.74, 6) is 1.46. The molecule has 0 bridgehead atoms. The molecule has 1 aromatic carbocycles. The van der Waals surface area contributed by atoms with Gasteiger partial charge in [-0.1, -0.05) is 5.16 Å². The highest BCUT2D eigenvalue weighted by atomic mass is 16.5. The molecule has 2 heterocycles. The van der Waals surface area contributed by atoms with Crippen molar-refractivity contribution in [3.8, 4) is 17.1 Å². The van der Waals surface area contributed by atoms with Crippen LogP contribution in [0.15, 0.2) is 33.9 Å². The van der Waals surface area contributed by atoms with Gasteiger partial charge in [-0.3, -0.25) is 4.79 Å². The molecule has 102 valence electrons. The van der Waals surface area contributed by atoms with E-state index in [2.05, 4.69) is 20.7 Å². The first-order valence-electron chi connectivity index (χ1n) is 6.10. The second kappa shape index (κ2) is 5.12. The molecule has 2 aromatic rings. The van der Waals surface area contributed by atoms with E-state index in [1.807, 2.05) is 24.3 Å². The van der Waals surface area contributed by atoms with Crippen LogP contribution in [0.1, 0.15) is 18.7 Å². The molecule has 0 radical (unpaired) electrons. The Bertz CT molecular complexity index is 661. The number of hydrazone groups is 1. The number of amides is 1. The molecule has 1 aliphatic rings. The van der Waals surface area contributed by atoms with Gasteiger partial charge in [-0.15, -0.1) is 0 Å². The summed E-state index contributed by atoms with van der Waals surface area (Å²) < 4.78 is 10.3. The summed E-state index contributed by atoms with van der Waals surface area (Å²) in [6, 6.07) is 7.34. The molecular formula is C13H12N4O3. The van der Waals surface area contributed by atoms with Gasteiger partial charge in [0.25, 0.3) is 5.89 Å². The Morgan fingerprint density at radius 2 is 2.05 bits per heavy atom. The van der Waals surface area contributed by atoms with Gasteiger partial charge in [-0.2, -0.15) is 10.1 Å². The van der Waals surface area contributed by atoms with Crippen molar-refractivity contribution in [1.82, 2.24) is 15.6 Å². The van der Waals surface area contributed by atoms with Gasteiger partial charge in [0.15, 0.2) is 0 Å².